The highest BCUT2D eigenvalue weighted by atomic mass is 16.4. The number of amides is 1. The monoisotopic (exact) mass is 275 g/mol. The molecule has 0 aliphatic carbocycles. The molecule has 4 N–H and O–H groups in total. The summed E-state index contributed by atoms with van der Waals surface area (Å²) in [5, 5.41) is 31.5. The molecule has 7 nitrogen and oxygen atoms in total. The minimum atomic E-state index is -0.978. The Morgan fingerprint density at radius 2 is 2.15 bits per heavy atom. The van der Waals surface area contributed by atoms with Crippen LogP contribution < -0.4 is 10.6 Å². The van der Waals surface area contributed by atoms with Crippen LogP contribution in [0.3, 0.4) is 0 Å². The summed E-state index contributed by atoms with van der Waals surface area (Å²) >= 11 is 0. The lowest BCUT2D eigenvalue weighted by Crippen LogP contribution is -2.18. The molecule has 0 aliphatic heterocycles. The summed E-state index contributed by atoms with van der Waals surface area (Å²) in [7, 11) is 0. The Labute approximate surface area is 115 Å². The molecule has 20 heavy (non-hydrogen) atoms. The molecule has 0 spiro atoms. The number of nitriles is 1. The minimum absolute atomic E-state index is 0.00938. The number of benzene rings is 1. The molecule has 0 bridgehead atoms. The maximum absolute atomic E-state index is 11.7. The van der Waals surface area contributed by atoms with Crippen molar-refractivity contribution in [1.82, 2.24) is 5.32 Å². The van der Waals surface area contributed by atoms with Crippen LogP contribution in [0.15, 0.2) is 36.0 Å². The van der Waals surface area contributed by atoms with E-state index < -0.39 is 11.9 Å². The first-order chi connectivity index (χ1) is 9.52. The molecule has 0 unspecified atom stereocenters. The van der Waals surface area contributed by atoms with Crippen LogP contribution in [0.2, 0.25) is 0 Å². The van der Waals surface area contributed by atoms with E-state index in [2.05, 4.69) is 10.6 Å². The van der Waals surface area contributed by atoms with Crippen LogP contribution in [-0.2, 0) is 9.59 Å². The molecule has 0 aromatic heterocycles. The van der Waals surface area contributed by atoms with Crippen LogP contribution in [0.4, 0.5) is 5.69 Å². The Kier molecular flexibility index (Phi) is 5.59. The standard InChI is InChI=1S/C13H13N3O4/c14-7-9(8-15-5-4-12(18)19)13(20)16-10-2-1-3-11(17)6-10/h1-3,6,8,15,17H,4-5H2,(H,16,20)(H,18,19)/b9-8-. The Balaban J connectivity index is 2.61. The van der Waals surface area contributed by atoms with Crippen LogP contribution in [-0.4, -0.2) is 28.6 Å². The third-order valence-electron chi connectivity index (χ3n) is 2.20. The lowest BCUT2D eigenvalue weighted by molar-refractivity contribution is -0.136. The van der Waals surface area contributed by atoms with E-state index in [1.165, 1.54) is 12.1 Å². The first kappa shape index (κ1) is 15.0. The van der Waals surface area contributed by atoms with E-state index in [1.807, 2.05) is 0 Å². The zero-order valence-corrected chi connectivity index (χ0v) is 10.5. The second-order valence-electron chi connectivity index (χ2n) is 3.77. The molecule has 0 atom stereocenters. The van der Waals surface area contributed by atoms with Gasteiger partial charge in [0.2, 0.25) is 0 Å². The van der Waals surface area contributed by atoms with Crippen molar-refractivity contribution in [2.75, 3.05) is 11.9 Å². The van der Waals surface area contributed by atoms with Gasteiger partial charge in [-0.15, -0.1) is 0 Å². The fourth-order valence-electron chi connectivity index (χ4n) is 1.28. The van der Waals surface area contributed by atoms with Crippen molar-refractivity contribution in [2.45, 2.75) is 6.42 Å². The van der Waals surface area contributed by atoms with Gasteiger partial charge in [-0.1, -0.05) is 6.07 Å². The van der Waals surface area contributed by atoms with Crippen molar-refractivity contribution in [1.29, 1.82) is 5.26 Å². The number of nitrogens with one attached hydrogen (secondary N) is 2. The van der Waals surface area contributed by atoms with E-state index in [-0.39, 0.29) is 24.3 Å². The van der Waals surface area contributed by atoms with Gasteiger partial charge >= 0.3 is 5.97 Å². The zero-order valence-electron chi connectivity index (χ0n) is 10.5. The number of carboxylic acids is 1. The van der Waals surface area contributed by atoms with Gasteiger partial charge in [0.05, 0.1) is 6.42 Å². The van der Waals surface area contributed by atoms with E-state index >= 15 is 0 Å². The fourth-order valence-corrected chi connectivity index (χ4v) is 1.28. The first-order valence-electron chi connectivity index (χ1n) is 5.68. The number of carboxylic acid groups (broad SMARTS) is 1. The molecule has 1 rings (SSSR count). The number of hydrogen-bond donors (Lipinski definition) is 4. The second-order valence-corrected chi connectivity index (χ2v) is 3.77. The highest BCUT2D eigenvalue weighted by molar-refractivity contribution is 6.06. The highest BCUT2D eigenvalue weighted by Gasteiger charge is 2.09. The Morgan fingerprint density at radius 1 is 1.40 bits per heavy atom. The molecule has 1 aromatic carbocycles. The number of rotatable bonds is 6. The lowest BCUT2D eigenvalue weighted by atomic mass is 10.2. The third kappa shape index (κ3) is 5.10. The van der Waals surface area contributed by atoms with Crippen LogP contribution in [0.1, 0.15) is 6.42 Å². The van der Waals surface area contributed by atoms with Gasteiger partial charge in [0, 0.05) is 24.5 Å². The molecule has 0 fully saturated rings. The molecule has 0 saturated heterocycles. The third-order valence-corrected chi connectivity index (χ3v) is 2.20. The summed E-state index contributed by atoms with van der Waals surface area (Å²) in [6.07, 6.45) is 1.03. The SMILES string of the molecule is N#C/C(=C/NCCC(=O)O)C(=O)Nc1cccc(O)c1. The van der Waals surface area contributed by atoms with E-state index in [4.69, 9.17) is 10.4 Å². The van der Waals surface area contributed by atoms with Gasteiger partial charge in [-0.25, -0.2) is 0 Å². The van der Waals surface area contributed by atoms with Gasteiger partial charge < -0.3 is 20.8 Å². The summed E-state index contributed by atoms with van der Waals surface area (Å²) in [4.78, 5) is 22.0. The Morgan fingerprint density at radius 3 is 2.75 bits per heavy atom. The van der Waals surface area contributed by atoms with E-state index in [9.17, 15) is 14.7 Å². The number of phenolic OH excluding ortho intramolecular Hbond substituents is 1. The van der Waals surface area contributed by atoms with Crippen molar-refractivity contribution >= 4 is 17.6 Å². The van der Waals surface area contributed by atoms with Crippen molar-refractivity contribution in [3.63, 3.8) is 0 Å². The number of hydrogen-bond acceptors (Lipinski definition) is 5. The Hall–Kier alpha value is -3.01. The predicted octanol–water partition coefficient (Wildman–Crippen LogP) is 0.802. The summed E-state index contributed by atoms with van der Waals surface area (Å²) in [5.74, 6) is -1.64. The van der Waals surface area contributed by atoms with Gasteiger partial charge in [0.1, 0.15) is 17.4 Å². The largest absolute Gasteiger partial charge is 0.508 e. The summed E-state index contributed by atoms with van der Waals surface area (Å²) in [5.41, 5.74) is 0.153. The van der Waals surface area contributed by atoms with Gasteiger partial charge in [-0.05, 0) is 12.1 Å². The quantitative estimate of drug-likeness (QED) is 0.346. The zero-order chi connectivity index (χ0) is 15.0. The minimum Gasteiger partial charge on any atom is -0.508 e. The highest BCUT2D eigenvalue weighted by Crippen LogP contribution is 2.15. The summed E-state index contributed by atoms with van der Waals surface area (Å²) < 4.78 is 0. The normalized spacial score (nSPS) is 10.4. The molecule has 1 aromatic rings. The van der Waals surface area contributed by atoms with E-state index in [0.717, 1.165) is 6.20 Å². The molecule has 104 valence electrons. The summed E-state index contributed by atoms with van der Waals surface area (Å²) in [6, 6.07) is 7.60. The molecule has 7 heteroatoms. The van der Waals surface area contributed by atoms with Crippen LogP contribution in [0, 0.1) is 11.3 Å². The lowest BCUT2D eigenvalue weighted by Gasteiger charge is -2.05. The van der Waals surface area contributed by atoms with Crippen molar-refractivity contribution < 1.29 is 19.8 Å². The fraction of sp³-hybridized carbons (Fsp3) is 0.154. The molecule has 1 amide bonds. The van der Waals surface area contributed by atoms with Crippen molar-refractivity contribution in [3.05, 3.63) is 36.0 Å². The number of carbonyl (C=O) groups excluding carboxylic acids is 1. The molecular formula is C13H13N3O4. The molecule has 0 radical (unpaired) electrons. The van der Waals surface area contributed by atoms with Crippen LogP contribution >= 0.6 is 0 Å². The molecule has 0 saturated carbocycles. The van der Waals surface area contributed by atoms with Gasteiger partial charge in [-0.3, -0.25) is 9.59 Å². The van der Waals surface area contributed by atoms with Crippen LogP contribution in [0.5, 0.6) is 5.75 Å². The van der Waals surface area contributed by atoms with Crippen LogP contribution in [0.25, 0.3) is 0 Å². The average molecular weight is 275 g/mol. The second kappa shape index (κ2) is 7.43. The molecule has 0 aliphatic rings. The van der Waals surface area contributed by atoms with E-state index in [0.29, 0.717) is 5.69 Å². The van der Waals surface area contributed by atoms with Crippen molar-refractivity contribution in [3.8, 4) is 11.8 Å². The van der Waals surface area contributed by atoms with Gasteiger partial charge in [0.15, 0.2) is 0 Å². The maximum atomic E-state index is 11.7. The smallest absolute Gasteiger partial charge is 0.305 e. The molecule has 0 heterocycles. The number of anilines is 1. The average Bonchev–Trinajstić information content (AvgIpc) is 2.38. The molecular weight excluding hydrogens is 262 g/mol. The van der Waals surface area contributed by atoms with Crippen molar-refractivity contribution in [2.24, 2.45) is 0 Å². The number of aromatic hydroxyl groups is 1. The number of aliphatic carboxylic acids is 1. The number of carbonyl (C=O) groups is 2. The first-order valence-corrected chi connectivity index (χ1v) is 5.68. The Bertz CT molecular complexity index is 575. The number of phenols is 1. The summed E-state index contributed by atoms with van der Waals surface area (Å²) in [6.45, 7) is 0.111. The van der Waals surface area contributed by atoms with Gasteiger partial charge in [0.25, 0.3) is 5.91 Å². The topological polar surface area (TPSA) is 122 Å². The number of nitrogens with zero attached hydrogens (tertiary/aromatic N) is 1. The predicted molar refractivity (Wildman–Crippen MR) is 70.7 cm³/mol. The van der Waals surface area contributed by atoms with E-state index in [1.54, 1.807) is 18.2 Å². The van der Waals surface area contributed by atoms with Gasteiger partial charge in [-0.2, -0.15) is 5.26 Å². The maximum Gasteiger partial charge on any atom is 0.305 e.